The summed E-state index contributed by atoms with van der Waals surface area (Å²) in [5.74, 6) is 0.00203. The quantitative estimate of drug-likeness (QED) is 0.839. The average Bonchev–Trinajstić information content (AvgIpc) is 2.49. The molecule has 0 radical (unpaired) electrons. The van der Waals surface area contributed by atoms with Crippen LogP contribution in [-0.2, 0) is 0 Å². The molecule has 1 N–H and O–H groups in total. The first kappa shape index (κ1) is 14.6. The van der Waals surface area contributed by atoms with Gasteiger partial charge in [-0.05, 0) is 45.2 Å². The van der Waals surface area contributed by atoms with Gasteiger partial charge in [0, 0.05) is 31.0 Å². The number of nitrogens with one attached hydrogen (secondary N) is 1. The molecule has 0 saturated carbocycles. The van der Waals surface area contributed by atoms with Gasteiger partial charge < -0.3 is 10.2 Å². The summed E-state index contributed by atoms with van der Waals surface area (Å²) in [6, 6.07) is 4.25. The molecule has 4 heteroatoms. The maximum atomic E-state index is 12.3. The number of nitrogens with zero attached hydrogens (tertiary/aromatic N) is 2. The number of aromatic nitrogens is 1. The lowest BCUT2D eigenvalue weighted by Gasteiger charge is -2.21. The number of pyridine rings is 1. The molecule has 4 nitrogen and oxygen atoms in total. The molecule has 20 heavy (non-hydrogen) atoms. The second kappa shape index (κ2) is 7.08. The standard InChI is InChI=1S/C16H23N3O/c1-3-19(4-2)16(20)15-12-14(10-11-17-15)18-13-8-6-5-7-9-13/h5-6,10-13H,3-4,7-9H2,1-2H3,(H,17,18). The topological polar surface area (TPSA) is 45.2 Å². The van der Waals surface area contributed by atoms with E-state index in [1.54, 1.807) is 11.1 Å². The molecule has 0 fully saturated rings. The van der Waals surface area contributed by atoms with Crippen molar-refractivity contribution in [2.24, 2.45) is 0 Å². The Morgan fingerprint density at radius 3 is 2.85 bits per heavy atom. The van der Waals surface area contributed by atoms with Gasteiger partial charge in [0.05, 0.1) is 0 Å². The van der Waals surface area contributed by atoms with Gasteiger partial charge in [-0.3, -0.25) is 9.78 Å². The summed E-state index contributed by atoms with van der Waals surface area (Å²) in [6.07, 6.45) is 9.44. The van der Waals surface area contributed by atoms with E-state index in [1.165, 1.54) is 0 Å². The number of amides is 1. The zero-order valence-electron chi connectivity index (χ0n) is 12.3. The van der Waals surface area contributed by atoms with Crippen LogP contribution >= 0.6 is 0 Å². The fourth-order valence-corrected chi connectivity index (χ4v) is 2.47. The van der Waals surface area contributed by atoms with Crippen molar-refractivity contribution in [3.05, 3.63) is 36.2 Å². The van der Waals surface area contributed by atoms with Crippen molar-refractivity contribution < 1.29 is 4.79 Å². The molecule has 0 aromatic carbocycles. The molecule has 1 aliphatic rings. The highest BCUT2D eigenvalue weighted by atomic mass is 16.2. The molecular formula is C16H23N3O. The number of carbonyl (C=O) groups is 1. The molecule has 2 rings (SSSR count). The van der Waals surface area contributed by atoms with Crippen LogP contribution in [0.4, 0.5) is 5.69 Å². The summed E-state index contributed by atoms with van der Waals surface area (Å²) in [4.78, 5) is 18.3. The van der Waals surface area contributed by atoms with Crippen LogP contribution in [0, 0.1) is 0 Å². The second-order valence-corrected chi connectivity index (χ2v) is 5.03. The van der Waals surface area contributed by atoms with Crippen LogP contribution in [0.3, 0.4) is 0 Å². The molecule has 1 aliphatic carbocycles. The molecule has 0 bridgehead atoms. The minimum absolute atomic E-state index is 0.00203. The van der Waals surface area contributed by atoms with Crippen LogP contribution in [0.15, 0.2) is 30.5 Å². The number of hydrogen-bond donors (Lipinski definition) is 1. The second-order valence-electron chi connectivity index (χ2n) is 5.03. The molecular weight excluding hydrogens is 250 g/mol. The van der Waals surface area contributed by atoms with Crippen molar-refractivity contribution in [2.45, 2.75) is 39.2 Å². The Morgan fingerprint density at radius 1 is 1.40 bits per heavy atom. The molecule has 108 valence electrons. The van der Waals surface area contributed by atoms with Crippen molar-refractivity contribution in [3.63, 3.8) is 0 Å². The van der Waals surface area contributed by atoms with Crippen LogP contribution in [0.25, 0.3) is 0 Å². The van der Waals surface area contributed by atoms with E-state index in [9.17, 15) is 4.79 Å². The number of carbonyl (C=O) groups excluding carboxylic acids is 1. The Hall–Kier alpha value is -1.84. The summed E-state index contributed by atoms with van der Waals surface area (Å²) >= 11 is 0. The smallest absolute Gasteiger partial charge is 0.272 e. The molecule has 0 spiro atoms. The Morgan fingerprint density at radius 2 is 2.20 bits per heavy atom. The van der Waals surface area contributed by atoms with Gasteiger partial charge in [-0.15, -0.1) is 0 Å². The van der Waals surface area contributed by atoms with Gasteiger partial charge in [-0.25, -0.2) is 0 Å². The third-order valence-corrected chi connectivity index (χ3v) is 3.67. The largest absolute Gasteiger partial charge is 0.382 e. The fourth-order valence-electron chi connectivity index (χ4n) is 2.47. The molecule has 1 heterocycles. The summed E-state index contributed by atoms with van der Waals surface area (Å²) < 4.78 is 0. The molecule has 1 aromatic rings. The van der Waals surface area contributed by atoms with Crippen molar-refractivity contribution in [2.75, 3.05) is 18.4 Å². The molecule has 1 amide bonds. The molecule has 0 aliphatic heterocycles. The summed E-state index contributed by atoms with van der Waals surface area (Å²) in [5, 5.41) is 3.49. The van der Waals surface area contributed by atoms with E-state index in [0.717, 1.165) is 24.9 Å². The maximum absolute atomic E-state index is 12.3. The van der Waals surface area contributed by atoms with Gasteiger partial charge in [0.2, 0.25) is 0 Å². The summed E-state index contributed by atoms with van der Waals surface area (Å²) in [7, 11) is 0. The van der Waals surface area contributed by atoms with E-state index in [0.29, 0.717) is 24.8 Å². The summed E-state index contributed by atoms with van der Waals surface area (Å²) in [6.45, 7) is 5.39. The molecule has 0 saturated heterocycles. The average molecular weight is 273 g/mol. The number of anilines is 1. The van der Waals surface area contributed by atoms with E-state index < -0.39 is 0 Å². The van der Waals surface area contributed by atoms with Gasteiger partial charge >= 0.3 is 0 Å². The van der Waals surface area contributed by atoms with Gasteiger partial charge in [-0.1, -0.05) is 12.2 Å². The van der Waals surface area contributed by atoms with Crippen LogP contribution in [0.1, 0.15) is 43.6 Å². The zero-order chi connectivity index (χ0) is 14.4. The van der Waals surface area contributed by atoms with E-state index in [-0.39, 0.29) is 5.91 Å². The van der Waals surface area contributed by atoms with E-state index in [2.05, 4.69) is 22.5 Å². The minimum atomic E-state index is 0.00203. The van der Waals surface area contributed by atoms with Gasteiger partial charge in [0.1, 0.15) is 5.69 Å². The molecule has 1 atom stereocenters. The SMILES string of the molecule is CCN(CC)C(=O)c1cc(NC2CC=CCC2)ccn1. The lowest BCUT2D eigenvalue weighted by atomic mass is 10.0. The highest BCUT2D eigenvalue weighted by Gasteiger charge is 2.15. The van der Waals surface area contributed by atoms with Crippen molar-refractivity contribution in [1.82, 2.24) is 9.88 Å². The van der Waals surface area contributed by atoms with Crippen LogP contribution < -0.4 is 5.32 Å². The van der Waals surface area contributed by atoms with Gasteiger partial charge in [0.15, 0.2) is 0 Å². The van der Waals surface area contributed by atoms with Gasteiger partial charge in [0.25, 0.3) is 5.91 Å². The predicted molar refractivity (Wildman–Crippen MR) is 81.9 cm³/mol. The number of rotatable bonds is 5. The van der Waals surface area contributed by atoms with E-state index in [4.69, 9.17) is 0 Å². The fraction of sp³-hybridized carbons (Fsp3) is 0.500. The normalized spacial score (nSPS) is 17.8. The first-order valence-electron chi connectivity index (χ1n) is 7.41. The minimum Gasteiger partial charge on any atom is -0.382 e. The third kappa shape index (κ3) is 3.59. The van der Waals surface area contributed by atoms with Crippen molar-refractivity contribution >= 4 is 11.6 Å². The Labute approximate surface area is 120 Å². The van der Waals surface area contributed by atoms with Crippen molar-refractivity contribution in [3.8, 4) is 0 Å². The first-order valence-corrected chi connectivity index (χ1v) is 7.41. The summed E-state index contributed by atoms with van der Waals surface area (Å²) in [5.41, 5.74) is 1.50. The Kier molecular flexibility index (Phi) is 5.16. The lowest BCUT2D eigenvalue weighted by molar-refractivity contribution is 0.0767. The predicted octanol–water partition coefficient (Wildman–Crippen LogP) is 3.08. The number of hydrogen-bond acceptors (Lipinski definition) is 3. The number of allylic oxidation sites excluding steroid dienone is 1. The highest BCUT2D eigenvalue weighted by molar-refractivity contribution is 5.93. The maximum Gasteiger partial charge on any atom is 0.272 e. The molecule has 1 unspecified atom stereocenters. The first-order chi connectivity index (χ1) is 9.74. The Bertz CT molecular complexity index is 480. The van der Waals surface area contributed by atoms with Crippen LogP contribution in [-0.4, -0.2) is 34.9 Å². The Balaban J connectivity index is 2.07. The van der Waals surface area contributed by atoms with Crippen LogP contribution in [0.2, 0.25) is 0 Å². The van der Waals surface area contributed by atoms with E-state index >= 15 is 0 Å². The van der Waals surface area contributed by atoms with Gasteiger partial charge in [-0.2, -0.15) is 0 Å². The highest BCUT2D eigenvalue weighted by Crippen LogP contribution is 2.18. The third-order valence-electron chi connectivity index (χ3n) is 3.67. The van der Waals surface area contributed by atoms with Crippen LogP contribution in [0.5, 0.6) is 0 Å². The monoisotopic (exact) mass is 273 g/mol. The molecule has 1 aromatic heterocycles. The zero-order valence-corrected chi connectivity index (χ0v) is 12.3. The van der Waals surface area contributed by atoms with E-state index in [1.807, 2.05) is 26.0 Å². The van der Waals surface area contributed by atoms with Crippen molar-refractivity contribution in [1.29, 1.82) is 0 Å². The lowest BCUT2D eigenvalue weighted by Crippen LogP contribution is -2.31.